The Kier molecular flexibility index (Phi) is 7.41. The maximum absolute atomic E-state index is 13.5. The molecule has 1 aromatic heterocycles. The Balaban J connectivity index is 1.23. The number of hydrogen-bond donors (Lipinski definition) is 0. The number of ether oxygens (including phenoxy) is 1. The zero-order chi connectivity index (χ0) is 25.8. The second-order valence-electron chi connectivity index (χ2n) is 9.48. The first-order chi connectivity index (χ1) is 17.9. The molecule has 0 radical (unpaired) electrons. The van der Waals surface area contributed by atoms with Crippen LogP contribution < -0.4 is 0 Å². The van der Waals surface area contributed by atoms with Crippen LogP contribution in [0.2, 0.25) is 0 Å². The molecule has 0 amide bonds. The molecule has 8 heteroatoms. The maximum Gasteiger partial charge on any atom is 0.320 e. The molecular weight excluding hydrogens is 486 g/mol. The highest BCUT2D eigenvalue weighted by molar-refractivity contribution is 7.90. The van der Waals surface area contributed by atoms with E-state index in [0.29, 0.717) is 12.1 Å². The molecule has 0 unspecified atom stereocenters. The van der Waals surface area contributed by atoms with Gasteiger partial charge in [0.15, 0.2) is 0 Å². The zero-order valence-corrected chi connectivity index (χ0v) is 21.7. The molecule has 1 aliphatic rings. The third-order valence-electron chi connectivity index (χ3n) is 6.79. The van der Waals surface area contributed by atoms with E-state index in [1.807, 2.05) is 73.7 Å². The lowest BCUT2D eigenvalue weighted by Gasteiger charge is -2.34. The van der Waals surface area contributed by atoms with E-state index in [1.54, 1.807) is 18.3 Å². The molecule has 7 nitrogen and oxygen atoms in total. The van der Waals surface area contributed by atoms with Gasteiger partial charge in [0.2, 0.25) is 0 Å². The van der Waals surface area contributed by atoms with Crippen LogP contribution >= 0.6 is 0 Å². The van der Waals surface area contributed by atoms with Crippen LogP contribution in [-0.4, -0.2) is 60.9 Å². The third kappa shape index (κ3) is 5.77. The summed E-state index contributed by atoms with van der Waals surface area (Å²) < 4.78 is 33.7. The van der Waals surface area contributed by atoms with E-state index < -0.39 is 10.0 Å². The van der Waals surface area contributed by atoms with Gasteiger partial charge in [0, 0.05) is 44.3 Å². The summed E-state index contributed by atoms with van der Waals surface area (Å²) in [4.78, 5) is 17.0. The van der Waals surface area contributed by atoms with Crippen LogP contribution in [0.5, 0.6) is 0 Å². The van der Waals surface area contributed by atoms with Gasteiger partial charge in [-0.05, 0) is 36.2 Å². The Hall–Kier alpha value is -3.46. The van der Waals surface area contributed by atoms with E-state index >= 15 is 0 Å². The molecular formula is C29H31N3O4S. The summed E-state index contributed by atoms with van der Waals surface area (Å²) in [5.74, 6) is -0.221. The highest BCUT2D eigenvalue weighted by atomic mass is 32.2. The van der Waals surface area contributed by atoms with Crippen molar-refractivity contribution in [2.75, 3.05) is 32.7 Å². The second-order valence-corrected chi connectivity index (χ2v) is 11.3. The van der Waals surface area contributed by atoms with Gasteiger partial charge in [-0.25, -0.2) is 12.4 Å². The molecule has 0 bridgehead atoms. The summed E-state index contributed by atoms with van der Waals surface area (Å²) in [6, 6.07) is 24.2. The molecule has 0 atom stereocenters. The number of para-hydroxylation sites is 1. The molecule has 5 rings (SSSR count). The van der Waals surface area contributed by atoms with Crippen molar-refractivity contribution in [2.45, 2.75) is 25.0 Å². The number of esters is 1. The standard InChI is InChI=1S/C29H31N3O4S/c1-23-11-13-26(14-12-23)37(34,35)32-20-25(27-9-5-6-10-28(27)32)19-30-15-17-31(18-16-30)21-29(33)36-22-24-7-3-2-4-8-24/h2-14,20H,15-19,21-22H2,1H3. The average Bonchev–Trinajstić information content (AvgIpc) is 3.29. The lowest BCUT2D eigenvalue weighted by atomic mass is 10.1. The van der Waals surface area contributed by atoms with Crippen LogP contribution in [0.3, 0.4) is 0 Å². The quantitative estimate of drug-likeness (QED) is 0.329. The van der Waals surface area contributed by atoms with Crippen molar-refractivity contribution in [1.29, 1.82) is 0 Å². The van der Waals surface area contributed by atoms with Crippen LogP contribution in [-0.2, 0) is 32.7 Å². The van der Waals surface area contributed by atoms with E-state index in [-0.39, 0.29) is 24.0 Å². The summed E-state index contributed by atoms with van der Waals surface area (Å²) in [5.41, 5.74) is 3.64. The van der Waals surface area contributed by atoms with Crippen LogP contribution in [0, 0.1) is 6.92 Å². The number of hydrogen-bond acceptors (Lipinski definition) is 6. The fraction of sp³-hybridized carbons (Fsp3) is 0.276. The van der Waals surface area contributed by atoms with Crippen LogP contribution in [0.15, 0.2) is 90.0 Å². The smallest absolute Gasteiger partial charge is 0.320 e. The van der Waals surface area contributed by atoms with Crippen molar-refractivity contribution >= 4 is 26.9 Å². The summed E-state index contributed by atoms with van der Waals surface area (Å²) in [7, 11) is -3.71. The van der Waals surface area contributed by atoms with E-state index in [2.05, 4.69) is 9.80 Å². The van der Waals surface area contributed by atoms with Gasteiger partial charge in [0.05, 0.1) is 17.0 Å². The Labute approximate surface area is 217 Å². The molecule has 2 heterocycles. The summed E-state index contributed by atoms with van der Waals surface area (Å²) in [6.07, 6.45) is 1.76. The molecule has 4 aromatic rings. The fourth-order valence-electron chi connectivity index (χ4n) is 4.68. The second kappa shape index (κ2) is 10.9. The van der Waals surface area contributed by atoms with Crippen molar-refractivity contribution in [3.8, 4) is 0 Å². The van der Waals surface area contributed by atoms with Gasteiger partial charge in [-0.2, -0.15) is 0 Å². The van der Waals surface area contributed by atoms with Crippen molar-refractivity contribution < 1.29 is 17.9 Å². The van der Waals surface area contributed by atoms with E-state index in [4.69, 9.17) is 4.74 Å². The van der Waals surface area contributed by atoms with Crippen molar-refractivity contribution in [3.05, 3.63) is 102 Å². The molecule has 1 fully saturated rings. The molecule has 0 N–H and O–H groups in total. The van der Waals surface area contributed by atoms with Gasteiger partial charge >= 0.3 is 5.97 Å². The first-order valence-electron chi connectivity index (χ1n) is 12.5. The molecule has 192 valence electrons. The van der Waals surface area contributed by atoms with Crippen molar-refractivity contribution in [1.82, 2.24) is 13.8 Å². The van der Waals surface area contributed by atoms with Gasteiger partial charge in [-0.15, -0.1) is 0 Å². The number of piperazine rings is 1. The van der Waals surface area contributed by atoms with Gasteiger partial charge in [0.1, 0.15) is 6.61 Å². The van der Waals surface area contributed by atoms with Crippen LogP contribution in [0.4, 0.5) is 0 Å². The van der Waals surface area contributed by atoms with Crippen molar-refractivity contribution in [3.63, 3.8) is 0 Å². The zero-order valence-electron chi connectivity index (χ0n) is 20.9. The van der Waals surface area contributed by atoms with E-state index in [1.165, 1.54) is 3.97 Å². The average molecular weight is 518 g/mol. The minimum absolute atomic E-state index is 0.221. The lowest BCUT2D eigenvalue weighted by molar-refractivity contribution is -0.146. The summed E-state index contributed by atoms with van der Waals surface area (Å²) in [6.45, 7) is 6.22. The largest absolute Gasteiger partial charge is 0.460 e. The Morgan fingerprint density at radius 2 is 1.49 bits per heavy atom. The van der Waals surface area contributed by atoms with E-state index in [9.17, 15) is 13.2 Å². The highest BCUT2D eigenvalue weighted by Crippen LogP contribution is 2.27. The highest BCUT2D eigenvalue weighted by Gasteiger charge is 2.24. The number of fused-ring (bicyclic) bond motifs is 1. The topological polar surface area (TPSA) is 71.9 Å². The predicted molar refractivity (Wildman–Crippen MR) is 144 cm³/mol. The predicted octanol–water partition coefficient (Wildman–Crippen LogP) is 4.05. The normalized spacial score (nSPS) is 15.2. The number of carbonyl (C=O) groups excluding carboxylic acids is 1. The Morgan fingerprint density at radius 3 is 2.22 bits per heavy atom. The number of nitrogens with zero attached hydrogens (tertiary/aromatic N) is 3. The van der Waals surface area contributed by atoms with E-state index in [0.717, 1.165) is 48.3 Å². The molecule has 1 aliphatic heterocycles. The lowest BCUT2D eigenvalue weighted by Crippen LogP contribution is -2.47. The van der Waals surface area contributed by atoms with Gasteiger partial charge < -0.3 is 4.74 Å². The minimum Gasteiger partial charge on any atom is -0.460 e. The van der Waals surface area contributed by atoms with Crippen LogP contribution in [0.1, 0.15) is 16.7 Å². The number of benzene rings is 3. The Morgan fingerprint density at radius 1 is 0.838 bits per heavy atom. The minimum atomic E-state index is -3.71. The van der Waals surface area contributed by atoms with Crippen LogP contribution in [0.25, 0.3) is 10.9 Å². The number of rotatable bonds is 8. The fourth-order valence-corrected chi connectivity index (χ4v) is 6.07. The molecule has 0 spiro atoms. The monoisotopic (exact) mass is 517 g/mol. The molecule has 0 saturated carbocycles. The molecule has 3 aromatic carbocycles. The number of aryl methyl sites for hydroxylation is 1. The first kappa shape index (κ1) is 25.2. The first-order valence-corrected chi connectivity index (χ1v) is 13.9. The molecule has 1 saturated heterocycles. The van der Waals surface area contributed by atoms with Gasteiger partial charge in [-0.3, -0.25) is 14.6 Å². The number of aromatic nitrogens is 1. The molecule has 37 heavy (non-hydrogen) atoms. The number of carbonyl (C=O) groups is 1. The summed E-state index contributed by atoms with van der Waals surface area (Å²) >= 11 is 0. The SMILES string of the molecule is Cc1ccc(S(=O)(=O)n2cc(CN3CCN(CC(=O)OCc4ccccc4)CC3)c3ccccc32)cc1. The third-order valence-corrected chi connectivity index (χ3v) is 8.48. The van der Waals surface area contributed by atoms with Gasteiger partial charge in [0.25, 0.3) is 10.0 Å². The summed E-state index contributed by atoms with van der Waals surface area (Å²) in [5, 5.41) is 0.935. The molecule has 0 aliphatic carbocycles. The van der Waals surface area contributed by atoms with Crippen molar-refractivity contribution in [2.24, 2.45) is 0 Å². The van der Waals surface area contributed by atoms with Gasteiger partial charge in [-0.1, -0.05) is 66.2 Å². The Bertz CT molecular complexity index is 1470. The maximum atomic E-state index is 13.5.